The summed E-state index contributed by atoms with van der Waals surface area (Å²) in [6, 6.07) is 5.74. The molecule has 0 aliphatic carbocycles. The van der Waals surface area contributed by atoms with Crippen LogP contribution < -0.4 is 5.43 Å². The molecule has 0 unspecified atom stereocenters. The maximum atomic E-state index is 12.0. The minimum Gasteiger partial charge on any atom is -0.465 e. The second-order valence-electron chi connectivity index (χ2n) is 4.09. The van der Waals surface area contributed by atoms with Crippen LogP contribution in [-0.4, -0.2) is 35.4 Å². The van der Waals surface area contributed by atoms with Crippen LogP contribution in [0.3, 0.4) is 0 Å². The molecule has 1 atom stereocenters. The fraction of sp³-hybridized carbons (Fsp3) is 0.308. The van der Waals surface area contributed by atoms with Gasteiger partial charge >= 0.3 is 5.97 Å². The lowest BCUT2D eigenvalue weighted by atomic mass is 10.1. The standard InChI is InChI=1S/C13H14N2O4/c1-3-19-13(18)8(2)14-15-11(16)9-6-4-5-7-10(9)12(15)17/h4-8,14H,3H2,1-2H3/t8-/m0/s1. The number of amides is 2. The quantitative estimate of drug-likeness (QED) is 0.639. The highest BCUT2D eigenvalue weighted by Crippen LogP contribution is 2.20. The highest BCUT2D eigenvalue weighted by molar-refractivity contribution is 6.21. The molecule has 2 amide bonds. The van der Waals surface area contributed by atoms with Crippen LogP contribution >= 0.6 is 0 Å². The smallest absolute Gasteiger partial charge is 0.324 e. The molecule has 2 rings (SSSR count). The van der Waals surface area contributed by atoms with Gasteiger partial charge in [0.15, 0.2) is 0 Å². The van der Waals surface area contributed by atoms with Crippen LogP contribution in [0.25, 0.3) is 0 Å². The van der Waals surface area contributed by atoms with Gasteiger partial charge in [-0.2, -0.15) is 0 Å². The number of ether oxygens (including phenoxy) is 1. The molecule has 6 nitrogen and oxygen atoms in total. The molecule has 1 aromatic rings. The van der Waals surface area contributed by atoms with Gasteiger partial charge in [0.25, 0.3) is 11.8 Å². The van der Waals surface area contributed by atoms with Crippen LogP contribution in [0.5, 0.6) is 0 Å². The van der Waals surface area contributed by atoms with Gasteiger partial charge in [-0.05, 0) is 26.0 Å². The Balaban J connectivity index is 2.14. The molecule has 19 heavy (non-hydrogen) atoms. The third-order valence-corrected chi connectivity index (χ3v) is 2.76. The van der Waals surface area contributed by atoms with Gasteiger partial charge in [-0.15, -0.1) is 0 Å². The van der Waals surface area contributed by atoms with E-state index in [0.717, 1.165) is 5.01 Å². The molecule has 0 saturated carbocycles. The largest absolute Gasteiger partial charge is 0.465 e. The maximum absolute atomic E-state index is 12.0. The average molecular weight is 262 g/mol. The van der Waals surface area contributed by atoms with Crippen LogP contribution in [0.2, 0.25) is 0 Å². The number of hydrogen-bond donors (Lipinski definition) is 1. The number of benzene rings is 1. The van der Waals surface area contributed by atoms with Crippen molar-refractivity contribution in [1.82, 2.24) is 10.4 Å². The van der Waals surface area contributed by atoms with E-state index in [9.17, 15) is 14.4 Å². The molecule has 0 bridgehead atoms. The molecule has 0 fully saturated rings. The zero-order valence-electron chi connectivity index (χ0n) is 10.7. The predicted molar refractivity (Wildman–Crippen MR) is 66.2 cm³/mol. The van der Waals surface area contributed by atoms with Crippen LogP contribution in [0, 0.1) is 0 Å². The van der Waals surface area contributed by atoms with E-state index in [-0.39, 0.29) is 6.61 Å². The highest BCUT2D eigenvalue weighted by Gasteiger charge is 2.37. The van der Waals surface area contributed by atoms with Gasteiger partial charge in [-0.25, -0.2) is 10.4 Å². The Hall–Kier alpha value is -2.21. The van der Waals surface area contributed by atoms with E-state index in [1.165, 1.54) is 6.92 Å². The molecule has 1 aromatic carbocycles. The molecular formula is C13H14N2O4. The summed E-state index contributed by atoms with van der Waals surface area (Å²) in [6.07, 6.45) is 0. The number of hydrogen-bond acceptors (Lipinski definition) is 5. The Labute approximate surface area is 110 Å². The van der Waals surface area contributed by atoms with Crippen LogP contribution in [0.1, 0.15) is 34.6 Å². The number of esters is 1. The number of imide groups is 1. The number of nitrogens with one attached hydrogen (secondary N) is 1. The van der Waals surface area contributed by atoms with Gasteiger partial charge in [0.1, 0.15) is 6.04 Å². The van der Waals surface area contributed by atoms with Gasteiger partial charge in [0.2, 0.25) is 0 Å². The van der Waals surface area contributed by atoms with Crippen LogP contribution in [0.4, 0.5) is 0 Å². The lowest BCUT2D eigenvalue weighted by Gasteiger charge is -2.19. The van der Waals surface area contributed by atoms with E-state index >= 15 is 0 Å². The fourth-order valence-electron chi connectivity index (χ4n) is 1.82. The Bertz CT molecular complexity index is 506. The molecule has 6 heteroatoms. The zero-order chi connectivity index (χ0) is 14.0. The highest BCUT2D eigenvalue weighted by atomic mass is 16.5. The van der Waals surface area contributed by atoms with E-state index in [1.54, 1.807) is 31.2 Å². The molecule has 0 aromatic heterocycles. The average Bonchev–Trinajstić information content (AvgIpc) is 2.65. The number of carbonyl (C=O) groups is 3. The van der Waals surface area contributed by atoms with E-state index in [0.29, 0.717) is 11.1 Å². The molecule has 0 saturated heterocycles. The Morgan fingerprint density at radius 1 is 1.26 bits per heavy atom. The van der Waals surface area contributed by atoms with Crippen molar-refractivity contribution in [1.29, 1.82) is 0 Å². The second kappa shape index (κ2) is 5.19. The summed E-state index contributed by atoms with van der Waals surface area (Å²) in [4.78, 5) is 35.5. The Morgan fingerprint density at radius 3 is 2.26 bits per heavy atom. The molecule has 1 N–H and O–H groups in total. The number of carbonyl (C=O) groups excluding carboxylic acids is 3. The first-order chi connectivity index (χ1) is 9.06. The van der Waals surface area contributed by atoms with E-state index in [4.69, 9.17) is 4.74 Å². The van der Waals surface area contributed by atoms with Gasteiger partial charge in [-0.1, -0.05) is 12.1 Å². The normalized spacial score (nSPS) is 15.4. The van der Waals surface area contributed by atoms with Crippen molar-refractivity contribution in [2.45, 2.75) is 19.9 Å². The first kappa shape index (κ1) is 13.2. The first-order valence-electron chi connectivity index (χ1n) is 5.97. The zero-order valence-corrected chi connectivity index (χ0v) is 10.7. The molecular weight excluding hydrogens is 248 g/mol. The minimum absolute atomic E-state index is 0.243. The van der Waals surface area contributed by atoms with Gasteiger partial charge in [0.05, 0.1) is 17.7 Å². The minimum atomic E-state index is -0.776. The second-order valence-corrected chi connectivity index (χ2v) is 4.09. The monoisotopic (exact) mass is 262 g/mol. The Kier molecular flexibility index (Phi) is 3.62. The lowest BCUT2D eigenvalue weighted by molar-refractivity contribution is -0.146. The number of hydrazine groups is 1. The van der Waals surface area contributed by atoms with Gasteiger partial charge < -0.3 is 4.74 Å². The molecule has 1 heterocycles. The van der Waals surface area contributed by atoms with Crippen LogP contribution in [-0.2, 0) is 9.53 Å². The van der Waals surface area contributed by atoms with Crippen molar-refractivity contribution in [3.63, 3.8) is 0 Å². The number of rotatable bonds is 4. The van der Waals surface area contributed by atoms with Crippen molar-refractivity contribution >= 4 is 17.8 Å². The molecule has 100 valence electrons. The number of nitrogens with zero attached hydrogens (tertiary/aromatic N) is 1. The van der Waals surface area contributed by atoms with Crippen molar-refractivity contribution in [2.24, 2.45) is 0 Å². The lowest BCUT2D eigenvalue weighted by Crippen LogP contribution is -2.50. The van der Waals surface area contributed by atoms with E-state index in [2.05, 4.69) is 5.43 Å². The van der Waals surface area contributed by atoms with Crippen molar-refractivity contribution < 1.29 is 19.1 Å². The van der Waals surface area contributed by atoms with Gasteiger partial charge in [0, 0.05) is 0 Å². The summed E-state index contributed by atoms with van der Waals surface area (Å²) in [6.45, 7) is 3.46. The fourth-order valence-corrected chi connectivity index (χ4v) is 1.82. The SMILES string of the molecule is CCOC(=O)[C@H](C)NN1C(=O)c2ccccc2C1=O. The third-order valence-electron chi connectivity index (χ3n) is 2.76. The number of fused-ring (bicyclic) bond motifs is 1. The van der Waals surface area contributed by atoms with E-state index < -0.39 is 23.8 Å². The summed E-state index contributed by atoms with van der Waals surface area (Å²) in [7, 11) is 0. The predicted octanol–water partition coefficient (Wildman–Crippen LogP) is 0.739. The maximum Gasteiger partial charge on any atom is 0.324 e. The summed E-state index contributed by atoms with van der Waals surface area (Å²) < 4.78 is 4.81. The summed E-state index contributed by atoms with van der Waals surface area (Å²) in [5.74, 6) is -1.44. The first-order valence-corrected chi connectivity index (χ1v) is 5.97. The summed E-state index contributed by atoms with van der Waals surface area (Å²) in [5, 5.41) is 0.853. The van der Waals surface area contributed by atoms with Crippen molar-refractivity contribution in [3.8, 4) is 0 Å². The van der Waals surface area contributed by atoms with Crippen molar-refractivity contribution in [3.05, 3.63) is 35.4 Å². The van der Waals surface area contributed by atoms with Gasteiger partial charge in [-0.3, -0.25) is 14.4 Å². The molecule has 0 spiro atoms. The Morgan fingerprint density at radius 2 is 1.79 bits per heavy atom. The summed E-state index contributed by atoms with van der Waals surface area (Å²) >= 11 is 0. The summed E-state index contributed by atoms with van der Waals surface area (Å²) in [5.41, 5.74) is 3.23. The van der Waals surface area contributed by atoms with E-state index in [1.807, 2.05) is 0 Å². The topological polar surface area (TPSA) is 75.7 Å². The third kappa shape index (κ3) is 2.34. The molecule has 0 radical (unpaired) electrons. The van der Waals surface area contributed by atoms with Crippen LogP contribution in [0.15, 0.2) is 24.3 Å². The molecule has 1 aliphatic rings. The van der Waals surface area contributed by atoms with Crippen molar-refractivity contribution in [2.75, 3.05) is 6.61 Å². The molecule has 1 aliphatic heterocycles.